The van der Waals surface area contributed by atoms with Crippen molar-refractivity contribution in [3.63, 3.8) is 0 Å². The standard InChI is InChI=1S/C17H17N7O4S/c18-29(27,28)14-4-1-12(2-5-14)15-7-8-20-17(23-15)21-10-9-19-16-6-3-13(11-22-16)24(25)26/h1-8,11H,9-10H2,(H,19,22)(H2,18,27,28)(H,20,21,23). The molecule has 0 saturated carbocycles. The van der Waals surface area contributed by atoms with E-state index in [9.17, 15) is 18.5 Å². The van der Waals surface area contributed by atoms with Crippen molar-refractivity contribution >= 4 is 27.5 Å². The normalized spacial score (nSPS) is 11.1. The number of hydrogen-bond donors (Lipinski definition) is 3. The highest BCUT2D eigenvalue weighted by Crippen LogP contribution is 2.19. The van der Waals surface area contributed by atoms with E-state index in [0.717, 1.165) is 5.56 Å². The number of hydrogen-bond acceptors (Lipinski definition) is 9. The van der Waals surface area contributed by atoms with Gasteiger partial charge >= 0.3 is 0 Å². The van der Waals surface area contributed by atoms with Gasteiger partial charge in [-0.15, -0.1) is 0 Å². The number of primary sulfonamides is 1. The summed E-state index contributed by atoms with van der Waals surface area (Å²) in [4.78, 5) is 22.6. The number of nitrogens with two attached hydrogens (primary N) is 1. The van der Waals surface area contributed by atoms with Crippen molar-refractivity contribution in [3.05, 3.63) is 65.0 Å². The lowest BCUT2D eigenvalue weighted by molar-refractivity contribution is -0.385. The molecule has 0 amide bonds. The molecule has 3 rings (SSSR count). The number of sulfonamides is 1. The van der Waals surface area contributed by atoms with Crippen LogP contribution in [0.25, 0.3) is 11.3 Å². The van der Waals surface area contributed by atoms with Crippen molar-refractivity contribution in [2.45, 2.75) is 4.90 Å². The molecule has 0 aliphatic carbocycles. The highest BCUT2D eigenvalue weighted by molar-refractivity contribution is 7.89. The summed E-state index contributed by atoms with van der Waals surface area (Å²) >= 11 is 0. The average molecular weight is 415 g/mol. The summed E-state index contributed by atoms with van der Waals surface area (Å²) in [5.41, 5.74) is 1.26. The number of nitrogens with one attached hydrogen (secondary N) is 2. The van der Waals surface area contributed by atoms with Gasteiger partial charge in [0.05, 0.1) is 15.5 Å². The number of nitrogens with zero attached hydrogens (tertiary/aromatic N) is 4. The van der Waals surface area contributed by atoms with Crippen LogP contribution in [-0.2, 0) is 10.0 Å². The zero-order valence-corrected chi connectivity index (χ0v) is 15.8. The molecule has 2 heterocycles. The monoisotopic (exact) mass is 415 g/mol. The minimum atomic E-state index is -3.74. The smallest absolute Gasteiger partial charge is 0.287 e. The van der Waals surface area contributed by atoms with E-state index in [0.29, 0.717) is 30.5 Å². The zero-order valence-electron chi connectivity index (χ0n) is 15.0. The van der Waals surface area contributed by atoms with E-state index in [1.807, 2.05) is 0 Å². The van der Waals surface area contributed by atoms with Crippen molar-refractivity contribution in [2.75, 3.05) is 23.7 Å². The van der Waals surface area contributed by atoms with Crippen molar-refractivity contribution in [1.29, 1.82) is 0 Å². The summed E-state index contributed by atoms with van der Waals surface area (Å²) in [5, 5.41) is 21.8. The van der Waals surface area contributed by atoms with Gasteiger partial charge in [0.15, 0.2) is 0 Å². The molecule has 11 nitrogen and oxygen atoms in total. The third kappa shape index (κ3) is 5.43. The van der Waals surface area contributed by atoms with Gasteiger partial charge in [0, 0.05) is 30.9 Å². The third-order valence-electron chi connectivity index (χ3n) is 3.81. The fourth-order valence-electron chi connectivity index (χ4n) is 2.38. The van der Waals surface area contributed by atoms with Crippen LogP contribution in [0.1, 0.15) is 0 Å². The quantitative estimate of drug-likeness (QED) is 0.281. The van der Waals surface area contributed by atoms with Gasteiger partial charge in [-0.05, 0) is 24.3 Å². The summed E-state index contributed by atoms with van der Waals surface area (Å²) in [5.74, 6) is 0.915. The van der Waals surface area contributed by atoms with Crippen LogP contribution in [0.3, 0.4) is 0 Å². The van der Waals surface area contributed by atoms with Crippen LogP contribution in [0, 0.1) is 10.1 Å². The number of pyridine rings is 1. The van der Waals surface area contributed by atoms with Gasteiger partial charge in [-0.2, -0.15) is 0 Å². The fourth-order valence-corrected chi connectivity index (χ4v) is 2.90. The van der Waals surface area contributed by atoms with Crippen LogP contribution in [0.4, 0.5) is 17.5 Å². The van der Waals surface area contributed by atoms with Crippen molar-refractivity contribution < 1.29 is 13.3 Å². The predicted molar refractivity (Wildman–Crippen MR) is 107 cm³/mol. The Labute approximate surface area is 166 Å². The maximum Gasteiger partial charge on any atom is 0.287 e. The fraction of sp³-hybridized carbons (Fsp3) is 0.118. The van der Waals surface area contributed by atoms with Gasteiger partial charge in [-0.3, -0.25) is 10.1 Å². The summed E-state index contributed by atoms with van der Waals surface area (Å²) in [6, 6.07) is 10.7. The number of nitro groups is 1. The van der Waals surface area contributed by atoms with E-state index in [1.165, 1.54) is 30.5 Å². The van der Waals surface area contributed by atoms with Gasteiger partial charge in [0.2, 0.25) is 16.0 Å². The molecule has 0 atom stereocenters. The Morgan fingerprint density at radius 2 is 1.72 bits per heavy atom. The first-order chi connectivity index (χ1) is 13.8. The molecule has 1 aromatic carbocycles. The van der Waals surface area contributed by atoms with E-state index in [4.69, 9.17) is 5.14 Å². The van der Waals surface area contributed by atoms with Gasteiger partial charge in [-0.1, -0.05) is 12.1 Å². The van der Waals surface area contributed by atoms with E-state index in [2.05, 4.69) is 25.6 Å². The molecule has 4 N–H and O–H groups in total. The van der Waals surface area contributed by atoms with E-state index in [-0.39, 0.29) is 10.6 Å². The van der Waals surface area contributed by atoms with E-state index >= 15 is 0 Å². The molecule has 0 spiro atoms. The van der Waals surface area contributed by atoms with E-state index in [1.54, 1.807) is 24.4 Å². The predicted octanol–water partition coefficient (Wildman–Crippen LogP) is 1.62. The molecule has 12 heteroatoms. The van der Waals surface area contributed by atoms with Crippen molar-refractivity contribution in [1.82, 2.24) is 15.0 Å². The Kier molecular flexibility index (Phi) is 5.95. The van der Waals surface area contributed by atoms with E-state index < -0.39 is 14.9 Å². The molecule has 0 fully saturated rings. The molecule has 0 aliphatic heterocycles. The molecule has 0 radical (unpaired) electrons. The molecule has 3 aromatic rings. The molecule has 2 aromatic heterocycles. The van der Waals surface area contributed by atoms with Gasteiger partial charge in [0.25, 0.3) is 5.69 Å². The largest absolute Gasteiger partial charge is 0.368 e. The molecule has 0 saturated heterocycles. The summed E-state index contributed by atoms with van der Waals surface area (Å²) in [7, 11) is -3.74. The first kappa shape index (κ1) is 20.1. The average Bonchev–Trinajstić information content (AvgIpc) is 2.71. The van der Waals surface area contributed by atoms with Crippen LogP contribution < -0.4 is 15.8 Å². The first-order valence-electron chi connectivity index (χ1n) is 8.37. The summed E-state index contributed by atoms with van der Waals surface area (Å²) < 4.78 is 22.7. The summed E-state index contributed by atoms with van der Waals surface area (Å²) in [6.45, 7) is 0.966. The van der Waals surface area contributed by atoms with Crippen molar-refractivity contribution in [2.24, 2.45) is 5.14 Å². The molecular formula is C17H17N7O4S. The molecule has 0 bridgehead atoms. The van der Waals surface area contributed by atoms with Crippen molar-refractivity contribution in [3.8, 4) is 11.3 Å². The first-order valence-corrected chi connectivity index (χ1v) is 9.92. The van der Waals surface area contributed by atoms with Gasteiger partial charge < -0.3 is 10.6 Å². The highest BCUT2D eigenvalue weighted by Gasteiger charge is 2.09. The number of aromatic nitrogens is 3. The molecular weight excluding hydrogens is 398 g/mol. The second-order valence-electron chi connectivity index (χ2n) is 5.85. The molecule has 0 unspecified atom stereocenters. The maximum absolute atomic E-state index is 11.3. The SMILES string of the molecule is NS(=O)(=O)c1ccc(-c2ccnc(NCCNc3ccc([N+](=O)[O-])cn3)n2)cc1. The zero-order chi connectivity index (χ0) is 20.9. The second kappa shape index (κ2) is 8.58. The lowest BCUT2D eigenvalue weighted by Gasteiger charge is -2.08. The lowest BCUT2D eigenvalue weighted by Crippen LogP contribution is -2.15. The maximum atomic E-state index is 11.3. The van der Waals surface area contributed by atoms with Crippen LogP contribution in [0.5, 0.6) is 0 Å². The summed E-state index contributed by atoms with van der Waals surface area (Å²) in [6.07, 6.45) is 2.77. The molecule has 0 aliphatic rings. The topological polar surface area (TPSA) is 166 Å². The Morgan fingerprint density at radius 3 is 2.34 bits per heavy atom. The Balaban J connectivity index is 1.56. The van der Waals surface area contributed by atoms with Crippen LogP contribution in [0.2, 0.25) is 0 Å². The number of rotatable bonds is 8. The van der Waals surface area contributed by atoms with Crippen LogP contribution in [-0.4, -0.2) is 41.4 Å². The Hall–Kier alpha value is -3.64. The van der Waals surface area contributed by atoms with Crippen LogP contribution >= 0.6 is 0 Å². The molecule has 150 valence electrons. The van der Waals surface area contributed by atoms with Gasteiger partial charge in [0.1, 0.15) is 12.0 Å². The minimum absolute atomic E-state index is 0.0274. The Morgan fingerprint density at radius 1 is 1.00 bits per heavy atom. The highest BCUT2D eigenvalue weighted by atomic mass is 32.2. The second-order valence-corrected chi connectivity index (χ2v) is 7.41. The van der Waals surface area contributed by atoms with Crippen LogP contribution in [0.15, 0.2) is 59.8 Å². The third-order valence-corrected chi connectivity index (χ3v) is 4.74. The minimum Gasteiger partial charge on any atom is -0.368 e. The molecule has 29 heavy (non-hydrogen) atoms. The number of benzene rings is 1. The van der Waals surface area contributed by atoms with Gasteiger partial charge in [-0.25, -0.2) is 28.5 Å². The lowest BCUT2D eigenvalue weighted by atomic mass is 10.1. The Bertz CT molecular complexity index is 1100. The number of anilines is 2.